The lowest BCUT2D eigenvalue weighted by atomic mass is 9.98. The molecule has 0 aliphatic rings. The van der Waals surface area contributed by atoms with Gasteiger partial charge in [0.2, 0.25) is 0 Å². The maximum Gasteiger partial charge on any atom is 0.142 e. The summed E-state index contributed by atoms with van der Waals surface area (Å²) in [5.41, 5.74) is 6.11. The van der Waals surface area contributed by atoms with Gasteiger partial charge in [0.15, 0.2) is 0 Å². The van der Waals surface area contributed by atoms with Crippen LogP contribution in [0.25, 0.3) is 0 Å². The summed E-state index contributed by atoms with van der Waals surface area (Å²) in [5, 5.41) is -0.00519. The second-order valence-corrected chi connectivity index (χ2v) is 4.60. The van der Waals surface area contributed by atoms with Gasteiger partial charge in [0.25, 0.3) is 0 Å². The Morgan fingerprint density at radius 2 is 1.63 bits per heavy atom. The quantitative estimate of drug-likeness (QED) is 0.906. The molecule has 1 nitrogen and oxygen atoms in total. The average Bonchev–Trinajstić information content (AvgIpc) is 2.33. The van der Waals surface area contributed by atoms with Gasteiger partial charge in [-0.1, -0.05) is 23.7 Å². The van der Waals surface area contributed by atoms with Crippen molar-refractivity contribution < 1.29 is 13.2 Å². The molecule has 0 radical (unpaired) electrons. The molecule has 0 heterocycles. The maximum atomic E-state index is 13.5. The fraction of sp³-hybridized carbons (Fsp3) is 0.143. The first-order chi connectivity index (χ1) is 8.99. The second kappa shape index (κ2) is 5.63. The van der Waals surface area contributed by atoms with E-state index in [0.717, 1.165) is 12.1 Å². The number of rotatable bonds is 3. The Balaban J connectivity index is 2.25. The van der Waals surface area contributed by atoms with Crippen LogP contribution in [0.4, 0.5) is 13.2 Å². The molecule has 0 saturated carbocycles. The average molecular weight is 286 g/mol. The fourth-order valence-electron chi connectivity index (χ4n) is 1.89. The standard InChI is InChI=1S/C14H11ClF3N/c15-9-5-4-8(6-12(9)18)7-13(19)14-10(16)2-1-3-11(14)17/h1-6,13H,7,19H2. The zero-order valence-corrected chi connectivity index (χ0v) is 10.6. The van der Waals surface area contributed by atoms with Crippen LogP contribution in [0.1, 0.15) is 17.2 Å². The largest absolute Gasteiger partial charge is 0.323 e. The van der Waals surface area contributed by atoms with E-state index < -0.39 is 23.5 Å². The molecule has 19 heavy (non-hydrogen) atoms. The number of halogens is 4. The van der Waals surface area contributed by atoms with Gasteiger partial charge in [-0.25, -0.2) is 13.2 Å². The minimum Gasteiger partial charge on any atom is -0.323 e. The molecule has 100 valence electrons. The van der Waals surface area contributed by atoms with Crippen molar-refractivity contribution >= 4 is 11.6 Å². The Labute approximate surface area is 113 Å². The lowest BCUT2D eigenvalue weighted by Crippen LogP contribution is -2.17. The Bertz CT molecular complexity index is 581. The van der Waals surface area contributed by atoms with E-state index in [0.29, 0.717) is 5.56 Å². The highest BCUT2D eigenvalue weighted by Gasteiger charge is 2.17. The maximum absolute atomic E-state index is 13.5. The third-order valence-electron chi connectivity index (χ3n) is 2.81. The Kier molecular flexibility index (Phi) is 4.12. The predicted molar refractivity (Wildman–Crippen MR) is 68.4 cm³/mol. The van der Waals surface area contributed by atoms with Crippen LogP contribution in [0, 0.1) is 17.5 Å². The van der Waals surface area contributed by atoms with Crippen LogP contribution >= 0.6 is 11.6 Å². The second-order valence-electron chi connectivity index (χ2n) is 4.19. The first-order valence-electron chi connectivity index (χ1n) is 5.62. The molecule has 0 spiro atoms. The van der Waals surface area contributed by atoms with E-state index in [1.807, 2.05) is 0 Å². The first-order valence-corrected chi connectivity index (χ1v) is 6.00. The van der Waals surface area contributed by atoms with Crippen LogP contribution in [-0.2, 0) is 6.42 Å². The Morgan fingerprint density at radius 3 is 2.21 bits per heavy atom. The SMILES string of the molecule is NC(Cc1ccc(Cl)c(F)c1)c1c(F)cccc1F. The van der Waals surface area contributed by atoms with Crippen molar-refractivity contribution in [2.75, 3.05) is 0 Å². The summed E-state index contributed by atoms with van der Waals surface area (Å²) in [6, 6.07) is 6.83. The monoisotopic (exact) mass is 285 g/mol. The molecule has 0 aliphatic carbocycles. The summed E-state index contributed by atoms with van der Waals surface area (Å²) in [7, 11) is 0. The van der Waals surface area contributed by atoms with Gasteiger partial charge in [-0.05, 0) is 36.2 Å². The van der Waals surface area contributed by atoms with Gasteiger partial charge in [0.05, 0.1) is 5.02 Å². The number of benzene rings is 2. The van der Waals surface area contributed by atoms with Gasteiger partial charge in [0.1, 0.15) is 17.5 Å². The summed E-state index contributed by atoms with van der Waals surface area (Å²) in [6.45, 7) is 0. The van der Waals surface area contributed by atoms with Crippen molar-refractivity contribution in [3.05, 3.63) is 70.0 Å². The van der Waals surface area contributed by atoms with Gasteiger partial charge in [-0.15, -0.1) is 0 Å². The summed E-state index contributed by atoms with van der Waals surface area (Å²) < 4.78 is 40.3. The molecule has 2 aromatic rings. The molecular weight excluding hydrogens is 275 g/mol. The summed E-state index contributed by atoms with van der Waals surface area (Å²) in [5.74, 6) is -2.00. The number of nitrogens with two attached hydrogens (primary N) is 1. The topological polar surface area (TPSA) is 26.0 Å². The third-order valence-corrected chi connectivity index (χ3v) is 3.12. The van der Waals surface area contributed by atoms with E-state index >= 15 is 0 Å². The van der Waals surface area contributed by atoms with E-state index in [2.05, 4.69) is 0 Å². The molecule has 1 atom stereocenters. The highest BCUT2D eigenvalue weighted by Crippen LogP contribution is 2.24. The van der Waals surface area contributed by atoms with Crippen molar-refractivity contribution in [3.8, 4) is 0 Å². The van der Waals surface area contributed by atoms with Crippen molar-refractivity contribution in [1.82, 2.24) is 0 Å². The van der Waals surface area contributed by atoms with E-state index in [-0.39, 0.29) is 17.0 Å². The lowest BCUT2D eigenvalue weighted by Gasteiger charge is -2.14. The van der Waals surface area contributed by atoms with Gasteiger partial charge in [0, 0.05) is 11.6 Å². The molecule has 2 rings (SSSR count). The summed E-state index contributed by atoms with van der Waals surface area (Å²) in [4.78, 5) is 0. The number of hydrogen-bond acceptors (Lipinski definition) is 1. The molecule has 2 aromatic carbocycles. The summed E-state index contributed by atoms with van der Waals surface area (Å²) in [6.07, 6.45) is 0.117. The van der Waals surface area contributed by atoms with Crippen LogP contribution in [0.3, 0.4) is 0 Å². The molecule has 0 aliphatic heterocycles. The van der Waals surface area contributed by atoms with Crippen LogP contribution in [0.15, 0.2) is 36.4 Å². The Hall–Kier alpha value is -1.52. The van der Waals surface area contributed by atoms with Crippen LogP contribution < -0.4 is 5.73 Å². The van der Waals surface area contributed by atoms with E-state index in [4.69, 9.17) is 17.3 Å². The molecule has 2 N–H and O–H groups in total. The lowest BCUT2D eigenvalue weighted by molar-refractivity contribution is 0.524. The highest BCUT2D eigenvalue weighted by molar-refractivity contribution is 6.30. The van der Waals surface area contributed by atoms with E-state index in [1.54, 1.807) is 6.07 Å². The first kappa shape index (κ1) is 13.9. The van der Waals surface area contributed by atoms with Gasteiger partial charge < -0.3 is 5.73 Å². The molecule has 0 amide bonds. The molecule has 5 heteroatoms. The fourth-order valence-corrected chi connectivity index (χ4v) is 2.01. The third kappa shape index (κ3) is 3.08. The van der Waals surface area contributed by atoms with E-state index in [1.165, 1.54) is 18.2 Å². The normalized spacial score (nSPS) is 12.5. The molecule has 0 aromatic heterocycles. The van der Waals surface area contributed by atoms with Crippen LogP contribution in [0.2, 0.25) is 5.02 Å². The molecular formula is C14H11ClF3N. The van der Waals surface area contributed by atoms with Crippen molar-refractivity contribution in [2.45, 2.75) is 12.5 Å². The zero-order valence-electron chi connectivity index (χ0n) is 9.84. The highest BCUT2D eigenvalue weighted by atomic mass is 35.5. The minimum absolute atomic E-state index is 0.00519. The molecule has 1 unspecified atom stereocenters. The van der Waals surface area contributed by atoms with Gasteiger partial charge in [-0.2, -0.15) is 0 Å². The Morgan fingerprint density at radius 1 is 1.00 bits per heavy atom. The molecule has 0 saturated heterocycles. The van der Waals surface area contributed by atoms with Crippen LogP contribution in [-0.4, -0.2) is 0 Å². The smallest absolute Gasteiger partial charge is 0.142 e. The molecule has 0 bridgehead atoms. The predicted octanol–water partition coefficient (Wildman–Crippen LogP) is 4.00. The summed E-state index contributed by atoms with van der Waals surface area (Å²) >= 11 is 5.56. The zero-order chi connectivity index (χ0) is 14.0. The minimum atomic E-state index is -0.887. The van der Waals surface area contributed by atoms with Crippen LogP contribution in [0.5, 0.6) is 0 Å². The molecule has 0 fully saturated rings. The van der Waals surface area contributed by atoms with Crippen molar-refractivity contribution in [1.29, 1.82) is 0 Å². The van der Waals surface area contributed by atoms with Gasteiger partial charge in [-0.3, -0.25) is 0 Å². The van der Waals surface area contributed by atoms with Gasteiger partial charge >= 0.3 is 0 Å². The number of hydrogen-bond donors (Lipinski definition) is 1. The van der Waals surface area contributed by atoms with Crippen molar-refractivity contribution in [2.24, 2.45) is 5.73 Å². The van der Waals surface area contributed by atoms with Crippen molar-refractivity contribution in [3.63, 3.8) is 0 Å². The van der Waals surface area contributed by atoms with E-state index in [9.17, 15) is 13.2 Å².